The Kier molecular flexibility index (Phi) is 7.65. The molecule has 14 nitrogen and oxygen atoms in total. The highest BCUT2D eigenvalue weighted by molar-refractivity contribution is 6.33. The number of halogens is 4. The Morgan fingerprint density at radius 1 is 1.19 bits per heavy atom. The highest BCUT2D eigenvalue weighted by Crippen LogP contribution is 2.72. The molecule has 3 aliphatic carbocycles. The molecule has 276 valence electrons. The molecule has 1 aromatic carbocycles. The molecule has 3 aromatic heterocycles. The summed E-state index contributed by atoms with van der Waals surface area (Å²) in [5.74, 6) is -0.634. The van der Waals surface area contributed by atoms with E-state index in [1.54, 1.807) is 16.5 Å². The van der Waals surface area contributed by atoms with Crippen molar-refractivity contribution in [2.24, 2.45) is 11.8 Å². The third kappa shape index (κ3) is 5.06. The number of piperidine rings is 1. The van der Waals surface area contributed by atoms with Gasteiger partial charge in [-0.05, 0) is 67.7 Å². The van der Waals surface area contributed by atoms with Gasteiger partial charge in [-0.1, -0.05) is 17.7 Å². The lowest BCUT2D eigenvalue weighted by atomic mass is 9.54. The average Bonchev–Trinajstić information content (AvgIpc) is 3.70. The number of aromatic hydroxyl groups is 1. The van der Waals surface area contributed by atoms with Gasteiger partial charge < -0.3 is 29.9 Å². The molecule has 53 heavy (non-hydrogen) atoms. The number of anilines is 2. The normalized spacial score (nSPS) is 25.7. The number of alkyl halides is 3. The monoisotopic (exact) mass is 751 g/mol. The number of rotatable bonds is 6. The van der Waals surface area contributed by atoms with Gasteiger partial charge in [0.2, 0.25) is 11.7 Å². The Morgan fingerprint density at radius 2 is 2.02 bits per heavy atom. The van der Waals surface area contributed by atoms with Crippen molar-refractivity contribution in [1.29, 1.82) is 0 Å². The maximum atomic E-state index is 14.7. The van der Waals surface area contributed by atoms with Crippen molar-refractivity contribution in [3.8, 4) is 5.75 Å². The molecule has 4 aromatic rings. The second-order valence-corrected chi connectivity index (χ2v) is 14.7. The minimum atomic E-state index is -4.60. The number of aromatic nitrogens is 6. The molecular weight excluding hydrogens is 719 g/mol. The Balaban J connectivity index is 1.11. The summed E-state index contributed by atoms with van der Waals surface area (Å²) in [4.78, 5) is 57.0. The molecule has 5 heterocycles. The number of hydrogen-bond donors (Lipinski definition) is 3. The van der Waals surface area contributed by atoms with Crippen molar-refractivity contribution in [2.75, 3.05) is 37.4 Å². The highest BCUT2D eigenvalue weighted by atomic mass is 35.5. The van der Waals surface area contributed by atoms with Crippen molar-refractivity contribution in [3.05, 3.63) is 74.3 Å². The Morgan fingerprint density at radius 3 is 2.72 bits per heavy atom. The highest BCUT2D eigenvalue weighted by Gasteiger charge is 2.70. The summed E-state index contributed by atoms with van der Waals surface area (Å²) in [7, 11) is 1.59. The number of benzene rings is 1. The van der Waals surface area contributed by atoms with Crippen molar-refractivity contribution in [1.82, 2.24) is 34.0 Å². The van der Waals surface area contributed by atoms with Crippen LogP contribution in [0.1, 0.15) is 71.2 Å². The van der Waals surface area contributed by atoms with Crippen LogP contribution >= 0.6 is 11.6 Å². The van der Waals surface area contributed by atoms with Crippen molar-refractivity contribution >= 4 is 46.3 Å². The predicted octanol–water partition coefficient (Wildman–Crippen LogP) is 4.22. The largest absolute Gasteiger partial charge is 0.503 e. The number of carbonyl (C=O) groups excluding carboxylic acids is 2. The zero-order valence-electron chi connectivity index (χ0n) is 28.3. The molecule has 0 radical (unpaired) electrons. The van der Waals surface area contributed by atoms with Gasteiger partial charge in [0.25, 0.3) is 11.5 Å². The van der Waals surface area contributed by atoms with Crippen LogP contribution in [0.25, 0.3) is 11.4 Å². The standard InChI is InChI=1S/C35H33ClF3N9O5/c1-40-30-28(50)26(41-15-42-30)32(52)46-9-8-34(19-3-5-23(19)46)20-13-18(20)27-25(34)31(51)48-33(44-29(45-48)16-6-10-53-11-7-16)47(27)14-24(49)43-22-4-2-17(12-21(22)36)35(37,38)39/h2,4,6,12,15,18-20,23,50H,3,5,7-11,13-14H2,1H3,(H,43,49)(H,40,41,42)/t18-,19+,20+,23-,34-/m0/s1. The van der Waals surface area contributed by atoms with E-state index in [0.717, 1.165) is 36.6 Å². The fourth-order valence-corrected chi connectivity index (χ4v) is 9.51. The van der Waals surface area contributed by atoms with Crippen LogP contribution in [-0.4, -0.2) is 83.8 Å². The Hall–Kier alpha value is -5.03. The van der Waals surface area contributed by atoms with E-state index >= 15 is 0 Å². The molecule has 1 spiro atoms. The Labute approximate surface area is 304 Å². The number of amides is 2. The molecule has 2 saturated carbocycles. The summed E-state index contributed by atoms with van der Waals surface area (Å²) >= 11 is 6.18. The molecule has 0 unspecified atom stereocenters. The first-order chi connectivity index (χ1) is 25.4. The van der Waals surface area contributed by atoms with E-state index in [1.807, 2.05) is 6.08 Å². The molecule has 2 aliphatic heterocycles. The third-order valence-electron chi connectivity index (χ3n) is 11.8. The molecule has 18 heteroatoms. The van der Waals surface area contributed by atoms with Crippen LogP contribution in [0.3, 0.4) is 0 Å². The van der Waals surface area contributed by atoms with Gasteiger partial charge >= 0.3 is 6.18 Å². The number of fused-ring (bicyclic) bond motifs is 8. The summed E-state index contributed by atoms with van der Waals surface area (Å²) in [5.41, 5.74) is 0.171. The van der Waals surface area contributed by atoms with Crippen LogP contribution in [0.4, 0.5) is 24.7 Å². The van der Waals surface area contributed by atoms with E-state index < -0.39 is 29.0 Å². The smallest absolute Gasteiger partial charge is 0.416 e. The van der Waals surface area contributed by atoms with Gasteiger partial charge in [-0.25, -0.2) is 9.97 Å². The number of carbonyl (C=O) groups is 2. The zero-order valence-corrected chi connectivity index (χ0v) is 29.0. The van der Waals surface area contributed by atoms with Crippen LogP contribution in [0.15, 0.2) is 35.4 Å². The maximum absolute atomic E-state index is 14.7. The summed E-state index contributed by atoms with van der Waals surface area (Å²) < 4.78 is 48.3. The van der Waals surface area contributed by atoms with Crippen LogP contribution in [0.5, 0.6) is 5.75 Å². The van der Waals surface area contributed by atoms with Gasteiger partial charge in [0.05, 0.1) is 29.5 Å². The topological polar surface area (TPSA) is 169 Å². The van der Waals surface area contributed by atoms with Gasteiger partial charge in [-0.3, -0.25) is 14.4 Å². The summed E-state index contributed by atoms with van der Waals surface area (Å²) in [6, 6.07) is 2.51. The van der Waals surface area contributed by atoms with Gasteiger partial charge in [-0.15, -0.1) is 5.10 Å². The quantitative estimate of drug-likeness (QED) is 0.260. The molecule has 1 saturated heterocycles. The molecule has 5 aliphatic rings. The van der Waals surface area contributed by atoms with E-state index in [9.17, 15) is 32.7 Å². The minimum Gasteiger partial charge on any atom is -0.503 e. The maximum Gasteiger partial charge on any atom is 0.416 e. The lowest BCUT2D eigenvalue weighted by Crippen LogP contribution is -2.64. The fourth-order valence-electron chi connectivity index (χ4n) is 9.29. The first-order valence-corrected chi connectivity index (χ1v) is 17.8. The van der Waals surface area contributed by atoms with Crippen molar-refractivity contribution in [3.63, 3.8) is 0 Å². The van der Waals surface area contributed by atoms with Crippen LogP contribution in [0, 0.1) is 11.8 Å². The predicted molar refractivity (Wildman–Crippen MR) is 184 cm³/mol. The lowest BCUT2D eigenvalue weighted by molar-refractivity contribution is -0.137. The van der Waals surface area contributed by atoms with Crippen LogP contribution in [0.2, 0.25) is 5.02 Å². The van der Waals surface area contributed by atoms with E-state index in [-0.39, 0.29) is 69.6 Å². The minimum absolute atomic E-state index is 0.0135. The first-order valence-electron chi connectivity index (χ1n) is 17.4. The number of nitrogens with one attached hydrogen (secondary N) is 2. The Bertz CT molecular complexity index is 2330. The lowest BCUT2D eigenvalue weighted by Gasteiger charge is -2.58. The second-order valence-electron chi connectivity index (χ2n) is 14.3. The van der Waals surface area contributed by atoms with Gasteiger partial charge in [0.1, 0.15) is 12.9 Å². The molecule has 9 rings (SSSR count). The zero-order chi connectivity index (χ0) is 37.0. The van der Waals surface area contributed by atoms with Gasteiger partial charge in [0, 0.05) is 42.2 Å². The number of hydrogen-bond acceptors (Lipinski definition) is 10. The molecule has 5 atom stereocenters. The molecular formula is C35H33ClF3N9O5. The van der Waals surface area contributed by atoms with Crippen molar-refractivity contribution in [2.45, 2.75) is 62.2 Å². The third-order valence-corrected chi connectivity index (χ3v) is 12.1. The van der Waals surface area contributed by atoms with E-state index in [4.69, 9.17) is 21.3 Å². The van der Waals surface area contributed by atoms with Crippen molar-refractivity contribution < 1.29 is 32.6 Å². The molecule has 0 bridgehead atoms. The first kappa shape index (κ1) is 33.8. The van der Waals surface area contributed by atoms with Crippen LogP contribution in [-0.2, 0) is 27.7 Å². The summed E-state index contributed by atoms with van der Waals surface area (Å²) in [5, 5.41) is 20.6. The molecule has 2 amide bonds. The number of likely N-dealkylation sites (tertiary alicyclic amines) is 1. The number of ether oxygens (including phenoxy) is 1. The average molecular weight is 752 g/mol. The molecule has 3 N–H and O–H groups in total. The van der Waals surface area contributed by atoms with E-state index in [1.165, 1.54) is 10.8 Å². The summed E-state index contributed by atoms with van der Waals surface area (Å²) in [6.07, 6.45) is 1.78. The SMILES string of the molecule is CNc1ncnc(C(=O)N2CC[C@]3(c4c(n(CC(=O)Nc5ccc(C(F)(F)F)cc5Cl)c5nc(C6=CCOCC6)nn5c4=O)[C@H]4C[C@H]43)[C@@H]3CC[C@@H]32)c1O. The summed E-state index contributed by atoms with van der Waals surface area (Å²) in [6.45, 7) is 0.853. The second kappa shape index (κ2) is 12.0. The van der Waals surface area contributed by atoms with Gasteiger partial charge in [-0.2, -0.15) is 22.7 Å². The van der Waals surface area contributed by atoms with E-state index in [2.05, 4.69) is 25.7 Å². The fraction of sp³-hybridized carbons (Fsp3) is 0.457. The van der Waals surface area contributed by atoms with E-state index in [0.29, 0.717) is 56.1 Å². The van der Waals surface area contributed by atoms with Crippen LogP contribution < -0.4 is 16.2 Å². The van der Waals surface area contributed by atoms with Gasteiger partial charge in [0.15, 0.2) is 23.1 Å². The molecule has 3 fully saturated rings. The number of nitrogens with zero attached hydrogens (tertiary/aromatic N) is 7.